The van der Waals surface area contributed by atoms with Crippen LogP contribution in [0.3, 0.4) is 0 Å². The fourth-order valence-corrected chi connectivity index (χ4v) is 2.52. The molecule has 0 aliphatic heterocycles. The van der Waals surface area contributed by atoms with Gasteiger partial charge in [-0.05, 0) is 38.6 Å². The second kappa shape index (κ2) is 9.67. The summed E-state index contributed by atoms with van der Waals surface area (Å²) in [5.74, 6) is 0. The normalized spacial score (nSPS) is 17.2. The molecule has 0 amide bonds. The van der Waals surface area contributed by atoms with Crippen LogP contribution in [0.1, 0.15) is 64.7 Å². The van der Waals surface area contributed by atoms with Crippen molar-refractivity contribution in [3.63, 3.8) is 0 Å². The second-order valence-corrected chi connectivity index (χ2v) is 5.24. The molecule has 1 unspecified atom stereocenters. The van der Waals surface area contributed by atoms with Crippen LogP contribution in [0.2, 0.25) is 0 Å². The molecule has 1 aliphatic rings. The summed E-state index contributed by atoms with van der Waals surface area (Å²) >= 11 is 0. The minimum absolute atomic E-state index is 0.536. The molecular formula is C15H30N2. The molecule has 0 spiro atoms. The summed E-state index contributed by atoms with van der Waals surface area (Å²) < 4.78 is 0. The van der Waals surface area contributed by atoms with Gasteiger partial charge in [0.2, 0.25) is 0 Å². The molecule has 0 saturated carbocycles. The maximum Gasteiger partial charge on any atom is 0.0190 e. The summed E-state index contributed by atoms with van der Waals surface area (Å²) in [5.41, 5.74) is 7.46. The summed E-state index contributed by atoms with van der Waals surface area (Å²) in [6.45, 7) is 4.15. The predicted molar refractivity (Wildman–Crippen MR) is 76.2 cm³/mol. The second-order valence-electron chi connectivity index (χ2n) is 5.24. The predicted octanol–water partition coefficient (Wildman–Crippen LogP) is 3.37. The molecule has 1 rings (SSSR count). The minimum atomic E-state index is 0.536. The monoisotopic (exact) mass is 238 g/mol. The van der Waals surface area contributed by atoms with Crippen LogP contribution in [-0.2, 0) is 0 Å². The van der Waals surface area contributed by atoms with E-state index in [1.165, 1.54) is 57.8 Å². The Morgan fingerprint density at radius 3 is 2.88 bits per heavy atom. The number of hydrogen-bond acceptors (Lipinski definition) is 2. The van der Waals surface area contributed by atoms with Crippen molar-refractivity contribution in [3.8, 4) is 0 Å². The third-order valence-corrected chi connectivity index (χ3v) is 3.70. The Morgan fingerprint density at radius 2 is 2.24 bits per heavy atom. The molecule has 1 atom stereocenters. The summed E-state index contributed by atoms with van der Waals surface area (Å²) in [5, 5.41) is 3.61. The highest BCUT2D eigenvalue weighted by Crippen LogP contribution is 2.19. The quantitative estimate of drug-likeness (QED) is 0.452. The van der Waals surface area contributed by atoms with E-state index in [9.17, 15) is 0 Å². The zero-order valence-corrected chi connectivity index (χ0v) is 11.5. The maximum absolute atomic E-state index is 5.80. The number of hydrogen-bond donors (Lipinski definition) is 2. The average Bonchev–Trinajstić information content (AvgIpc) is 2.85. The zero-order chi connectivity index (χ0) is 12.3. The van der Waals surface area contributed by atoms with E-state index in [0.717, 1.165) is 13.1 Å². The lowest BCUT2D eigenvalue weighted by Crippen LogP contribution is -2.36. The molecule has 0 bridgehead atoms. The number of rotatable bonds is 10. The molecule has 2 heteroatoms. The van der Waals surface area contributed by atoms with Crippen molar-refractivity contribution in [1.82, 2.24) is 5.32 Å². The molecule has 2 nitrogen and oxygen atoms in total. The van der Waals surface area contributed by atoms with Gasteiger partial charge in [-0.2, -0.15) is 0 Å². The summed E-state index contributed by atoms with van der Waals surface area (Å²) in [6, 6.07) is 0.536. The standard InChI is InChI=1S/C15H30N2/c1-2-3-4-5-10-15(13-16)17-12-11-14-8-6-7-9-14/h8,15,17H,2-7,9-13,16H2,1H3. The van der Waals surface area contributed by atoms with Crippen LogP contribution in [0.4, 0.5) is 0 Å². The van der Waals surface area contributed by atoms with Crippen molar-refractivity contribution >= 4 is 0 Å². The molecule has 0 aromatic rings. The lowest BCUT2D eigenvalue weighted by molar-refractivity contribution is 0.463. The molecule has 0 fully saturated rings. The Labute approximate surface area is 107 Å². The van der Waals surface area contributed by atoms with Gasteiger partial charge >= 0.3 is 0 Å². The molecule has 0 aromatic carbocycles. The third-order valence-electron chi connectivity index (χ3n) is 3.70. The van der Waals surface area contributed by atoms with Gasteiger partial charge in [-0.25, -0.2) is 0 Å². The van der Waals surface area contributed by atoms with Crippen LogP contribution >= 0.6 is 0 Å². The number of allylic oxidation sites excluding steroid dienone is 1. The SMILES string of the molecule is CCCCCCC(CN)NCCC1=CCCC1. The Hall–Kier alpha value is -0.340. The highest BCUT2D eigenvalue weighted by atomic mass is 14.9. The zero-order valence-electron chi connectivity index (χ0n) is 11.5. The molecule has 1 aliphatic carbocycles. The molecule has 100 valence electrons. The fraction of sp³-hybridized carbons (Fsp3) is 0.867. The fourth-order valence-electron chi connectivity index (χ4n) is 2.52. The van der Waals surface area contributed by atoms with E-state index in [0.29, 0.717) is 6.04 Å². The summed E-state index contributed by atoms with van der Waals surface area (Å²) in [7, 11) is 0. The van der Waals surface area contributed by atoms with Crippen LogP contribution in [0, 0.1) is 0 Å². The van der Waals surface area contributed by atoms with Crippen LogP contribution in [0.25, 0.3) is 0 Å². The molecule has 0 radical (unpaired) electrons. The Kier molecular flexibility index (Phi) is 8.37. The first-order chi connectivity index (χ1) is 8.36. The topological polar surface area (TPSA) is 38.0 Å². The molecular weight excluding hydrogens is 208 g/mol. The summed E-state index contributed by atoms with van der Waals surface area (Å²) in [6.07, 6.45) is 14.2. The van der Waals surface area contributed by atoms with Gasteiger partial charge in [-0.15, -0.1) is 0 Å². The number of nitrogens with two attached hydrogens (primary N) is 1. The van der Waals surface area contributed by atoms with Crippen molar-refractivity contribution in [3.05, 3.63) is 11.6 Å². The molecule has 17 heavy (non-hydrogen) atoms. The van der Waals surface area contributed by atoms with E-state index >= 15 is 0 Å². The highest BCUT2D eigenvalue weighted by molar-refractivity contribution is 5.07. The van der Waals surface area contributed by atoms with Gasteiger partial charge in [-0.3, -0.25) is 0 Å². The third kappa shape index (κ3) is 6.85. The van der Waals surface area contributed by atoms with Gasteiger partial charge in [0.15, 0.2) is 0 Å². The van der Waals surface area contributed by atoms with E-state index in [4.69, 9.17) is 5.73 Å². The average molecular weight is 238 g/mol. The van der Waals surface area contributed by atoms with Gasteiger partial charge in [0.1, 0.15) is 0 Å². The van der Waals surface area contributed by atoms with E-state index in [2.05, 4.69) is 18.3 Å². The molecule has 0 aromatic heterocycles. The number of nitrogens with one attached hydrogen (secondary N) is 1. The van der Waals surface area contributed by atoms with Gasteiger partial charge in [0.25, 0.3) is 0 Å². The van der Waals surface area contributed by atoms with Crippen LogP contribution < -0.4 is 11.1 Å². The van der Waals surface area contributed by atoms with Gasteiger partial charge < -0.3 is 11.1 Å². The van der Waals surface area contributed by atoms with E-state index < -0.39 is 0 Å². The van der Waals surface area contributed by atoms with Crippen molar-refractivity contribution in [2.75, 3.05) is 13.1 Å². The van der Waals surface area contributed by atoms with Gasteiger partial charge in [0, 0.05) is 12.6 Å². The van der Waals surface area contributed by atoms with Crippen LogP contribution in [-0.4, -0.2) is 19.1 Å². The van der Waals surface area contributed by atoms with Gasteiger partial charge in [0.05, 0.1) is 0 Å². The highest BCUT2D eigenvalue weighted by Gasteiger charge is 2.07. The Bertz CT molecular complexity index is 211. The molecule has 3 N–H and O–H groups in total. The van der Waals surface area contributed by atoms with Crippen LogP contribution in [0.15, 0.2) is 11.6 Å². The van der Waals surface area contributed by atoms with Crippen molar-refractivity contribution < 1.29 is 0 Å². The first-order valence-electron chi connectivity index (χ1n) is 7.48. The van der Waals surface area contributed by atoms with E-state index in [1.807, 2.05) is 0 Å². The lowest BCUT2D eigenvalue weighted by Gasteiger charge is -2.16. The first-order valence-corrected chi connectivity index (χ1v) is 7.48. The minimum Gasteiger partial charge on any atom is -0.329 e. The Balaban J connectivity index is 2.01. The van der Waals surface area contributed by atoms with Gasteiger partial charge in [-0.1, -0.05) is 44.3 Å². The van der Waals surface area contributed by atoms with Crippen molar-refractivity contribution in [1.29, 1.82) is 0 Å². The molecule has 0 saturated heterocycles. The number of unbranched alkanes of at least 4 members (excludes halogenated alkanes) is 3. The molecule has 0 heterocycles. The van der Waals surface area contributed by atoms with Crippen molar-refractivity contribution in [2.45, 2.75) is 70.8 Å². The maximum atomic E-state index is 5.80. The lowest BCUT2D eigenvalue weighted by atomic mass is 10.1. The largest absolute Gasteiger partial charge is 0.329 e. The van der Waals surface area contributed by atoms with Crippen molar-refractivity contribution in [2.24, 2.45) is 5.73 Å². The van der Waals surface area contributed by atoms with E-state index in [1.54, 1.807) is 5.57 Å². The van der Waals surface area contributed by atoms with Crippen LogP contribution in [0.5, 0.6) is 0 Å². The summed E-state index contributed by atoms with van der Waals surface area (Å²) in [4.78, 5) is 0. The first kappa shape index (κ1) is 14.7. The Morgan fingerprint density at radius 1 is 1.35 bits per heavy atom. The van der Waals surface area contributed by atoms with E-state index in [-0.39, 0.29) is 0 Å². The smallest absolute Gasteiger partial charge is 0.0190 e.